The van der Waals surface area contributed by atoms with Crippen molar-refractivity contribution in [2.24, 2.45) is 0 Å². The molecule has 4 nitrogen and oxygen atoms in total. The predicted molar refractivity (Wildman–Crippen MR) is 95.8 cm³/mol. The second-order valence-electron chi connectivity index (χ2n) is 5.49. The zero-order valence-corrected chi connectivity index (χ0v) is 14.8. The van der Waals surface area contributed by atoms with E-state index in [1.165, 1.54) is 27.9 Å². The van der Waals surface area contributed by atoms with Gasteiger partial charge in [-0.15, -0.1) is 0 Å². The van der Waals surface area contributed by atoms with Crippen LogP contribution in [0.4, 0.5) is 4.39 Å². The fourth-order valence-corrected chi connectivity index (χ4v) is 2.86. The van der Waals surface area contributed by atoms with Crippen molar-refractivity contribution in [3.05, 3.63) is 81.8 Å². The highest BCUT2D eigenvalue weighted by Crippen LogP contribution is 2.22. The Morgan fingerprint density at radius 1 is 1.16 bits per heavy atom. The summed E-state index contributed by atoms with van der Waals surface area (Å²) in [5.74, 6) is -0.739. The first-order valence-corrected chi connectivity index (χ1v) is 8.21. The number of halogens is 3. The molecule has 2 aromatic carbocycles. The molecule has 0 aliphatic heterocycles. The molecule has 1 aromatic heterocycles. The van der Waals surface area contributed by atoms with Crippen LogP contribution in [-0.4, -0.2) is 27.6 Å². The predicted octanol–water partition coefficient (Wildman–Crippen LogP) is 4.59. The normalized spacial score (nSPS) is 10.7. The second-order valence-corrected chi connectivity index (χ2v) is 6.30. The maximum absolute atomic E-state index is 13.9. The number of benzene rings is 2. The molecule has 3 aromatic rings. The van der Waals surface area contributed by atoms with Gasteiger partial charge in [0.15, 0.2) is 0 Å². The van der Waals surface area contributed by atoms with Crippen LogP contribution < -0.4 is 0 Å². The fraction of sp³-hybridized carbons (Fsp3) is 0.111. The van der Waals surface area contributed by atoms with E-state index in [1.807, 2.05) is 12.1 Å². The van der Waals surface area contributed by atoms with Crippen molar-refractivity contribution < 1.29 is 9.18 Å². The van der Waals surface area contributed by atoms with Gasteiger partial charge in [-0.1, -0.05) is 41.4 Å². The van der Waals surface area contributed by atoms with Gasteiger partial charge in [0.25, 0.3) is 5.91 Å². The van der Waals surface area contributed by atoms with E-state index in [1.54, 1.807) is 31.4 Å². The third kappa shape index (κ3) is 3.67. The van der Waals surface area contributed by atoms with Gasteiger partial charge in [0.2, 0.25) is 0 Å². The van der Waals surface area contributed by atoms with E-state index in [0.29, 0.717) is 16.3 Å². The van der Waals surface area contributed by atoms with Crippen LogP contribution in [-0.2, 0) is 6.54 Å². The minimum atomic E-state index is -0.445. The third-order valence-corrected chi connectivity index (χ3v) is 4.41. The van der Waals surface area contributed by atoms with Gasteiger partial charge in [-0.3, -0.25) is 4.79 Å². The third-order valence-electron chi connectivity index (χ3n) is 3.73. The van der Waals surface area contributed by atoms with E-state index in [9.17, 15) is 9.18 Å². The molecule has 0 aliphatic rings. The van der Waals surface area contributed by atoms with E-state index in [4.69, 9.17) is 23.2 Å². The van der Waals surface area contributed by atoms with Crippen molar-refractivity contribution >= 4 is 29.1 Å². The summed E-state index contributed by atoms with van der Waals surface area (Å²) >= 11 is 12.2. The average Bonchev–Trinajstić information content (AvgIpc) is 3.07. The molecule has 0 aliphatic carbocycles. The van der Waals surface area contributed by atoms with Gasteiger partial charge in [0.1, 0.15) is 5.82 Å². The van der Waals surface area contributed by atoms with Crippen molar-refractivity contribution in [1.29, 1.82) is 0 Å². The Morgan fingerprint density at radius 2 is 1.88 bits per heavy atom. The smallest absolute Gasteiger partial charge is 0.257 e. The highest BCUT2D eigenvalue weighted by molar-refractivity contribution is 6.32. The molecule has 0 unspecified atom stereocenters. The molecular weight excluding hydrogens is 364 g/mol. The molecular formula is C18H14Cl2FN3O. The number of carbonyl (C=O) groups excluding carboxylic acids is 1. The van der Waals surface area contributed by atoms with E-state index in [-0.39, 0.29) is 23.0 Å². The van der Waals surface area contributed by atoms with Crippen molar-refractivity contribution in [2.75, 3.05) is 7.05 Å². The average molecular weight is 378 g/mol. The summed E-state index contributed by atoms with van der Waals surface area (Å²) in [6, 6.07) is 11.6. The summed E-state index contributed by atoms with van der Waals surface area (Å²) < 4.78 is 15.4. The lowest BCUT2D eigenvalue weighted by Gasteiger charge is -2.17. The number of rotatable bonds is 4. The van der Waals surface area contributed by atoms with Gasteiger partial charge in [0, 0.05) is 30.4 Å². The summed E-state index contributed by atoms with van der Waals surface area (Å²) in [7, 11) is 1.58. The van der Waals surface area contributed by atoms with E-state index >= 15 is 0 Å². The first-order valence-electron chi connectivity index (χ1n) is 7.45. The van der Waals surface area contributed by atoms with Crippen molar-refractivity contribution in [3.63, 3.8) is 0 Å². The number of carbonyl (C=O) groups is 1. The van der Waals surface area contributed by atoms with Crippen LogP contribution in [0.1, 0.15) is 15.9 Å². The van der Waals surface area contributed by atoms with Gasteiger partial charge in [0.05, 0.1) is 22.5 Å². The summed E-state index contributed by atoms with van der Waals surface area (Å²) in [5, 5.41) is 4.99. The molecule has 1 amide bonds. The lowest BCUT2D eigenvalue weighted by Crippen LogP contribution is -2.26. The summed E-state index contributed by atoms with van der Waals surface area (Å²) in [6.45, 7) is 0.0572. The van der Waals surface area contributed by atoms with E-state index in [0.717, 1.165) is 0 Å². The molecule has 0 spiro atoms. The van der Waals surface area contributed by atoms with Crippen LogP contribution in [0, 0.1) is 5.82 Å². The van der Waals surface area contributed by atoms with Gasteiger partial charge >= 0.3 is 0 Å². The first kappa shape index (κ1) is 17.5. The zero-order chi connectivity index (χ0) is 18.0. The number of hydrogen-bond acceptors (Lipinski definition) is 2. The van der Waals surface area contributed by atoms with Crippen LogP contribution >= 0.6 is 23.2 Å². The van der Waals surface area contributed by atoms with Crippen molar-refractivity contribution in [1.82, 2.24) is 14.7 Å². The Balaban J connectivity index is 1.81. The van der Waals surface area contributed by atoms with Crippen LogP contribution in [0.2, 0.25) is 10.0 Å². The molecule has 3 rings (SSSR count). The molecule has 0 saturated heterocycles. The van der Waals surface area contributed by atoms with Gasteiger partial charge in [-0.2, -0.15) is 5.10 Å². The highest BCUT2D eigenvalue weighted by Gasteiger charge is 2.18. The number of aromatic nitrogens is 2. The molecule has 0 fully saturated rings. The van der Waals surface area contributed by atoms with Crippen LogP contribution in [0.5, 0.6) is 0 Å². The zero-order valence-electron chi connectivity index (χ0n) is 13.3. The lowest BCUT2D eigenvalue weighted by molar-refractivity contribution is 0.0784. The fourth-order valence-electron chi connectivity index (χ4n) is 2.42. The Morgan fingerprint density at radius 3 is 2.60 bits per heavy atom. The van der Waals surface area contributed by atoms with Gasteiger partial charge in [-0.25, -0.2) is 9.07 Å². The minimum Gasteiger partial charge on any atom is -0.337 e. The van der Waals surface area contributed by atoms with Crippen molar-refractivity contribution in [3.8, 4) is 5.69 Å². The second kappa shape index (κ2) is 7.25. The van der Waals surface area contributed by atoms with Crippen LogP contribution in [0.15, 0.2) is 54.9 Å². The Hall–Kier alpha value is -2.37. The maximum Gasteiger partial charge on any atom is 0.257 e. The molecule has 0 saturated carbocycles. The van der Waals surface area contributed by atoms with E-state index in [2.05, 4.69) is 5.10 Å². The molecule has 25 heavy (non-hydrogen) atoms. The number of para-hydroxylation sites is 1. The van der Waals surface area contributed by atoms with Crippen LogP contribution in [0.3, 0.4) is 0 Å². The quantitative estimate of drug-likeness (QED) is 0.666. The van der Waals surface area contributed by atoms with Gasteiger partial charge < -0.3 is 4.90 Å². The van der Waals surface area contributed by atoms with E-state index < -0.39 is 5.82 Å². The lowest BCUT2D eigenvalue weighted by atomic mass is 10.2. The minimum absolute atomic E-state index is 0.0572. The molecule has 1 heterocycles. The molecule has 0 radical (unpaired) electrons. The number of nitrogens with zero attached hydrogens (tertiary/aromatic N) is 3. The number of amides is 1. The SMILES string of the molecule is CN(Cc1c(F)cccc1Cl)C(=O)c1cnn(-c2ccccc2Cl)c1. The Labute approximate surface area is 154 Å². The Kier molecular flexibility index (Phi) is 5.06. The molecule has 7 heteroatoms. The first-order chi connectivity index (χ1) is 12.0. The molecule has 0 N–H and O–H groups in total. The largest absolute Gasteiger partial charge is 0.337 e. The highest BCUT2D eigenvalue weighted by atomic mass is 35.5. The van der Waals surface area contributed by atoms with Crippen LogP contribution in [0.25, 0.3) is 5.69 Å². The molecule has 0 bridgehead atoms. The maximum atomic E-state index is 13.9. The summed E-state index contributed by atoms with van der Waals surface area (Å²) in [6.07, 6.45) is 3.04. The number of hydrogen-bond donors (Lipinski definition) is 0. The standard InChI is InChI=1S/C18H14Cl2FN3O/c1-23(11-13-14(19)6-4-7-16(13)21)18(25)12-9-22-24(10-12)17-8-3-2-5-15(17)20/h2-10H,11H2,1H3. The summed E-state index contributed by atoms with van der Waals surface area (Å²) in [4.78, 5) is 14.0. The molecule has 0 atom stereocenters. The monoisotopic (exact) mass is 377 g/mol. The van der Waals surface area contributed by atoms with Crippen molar-refractivity contribution in [2.45, 2.75) is 6.54 Å². The molecule has 128 valence electrons. The summed E-state index contributed by atoms with van der Waals surface area (Å²) in [5.41, 5.74) is 1.32. The topological polar surface area (TPSA) is 38.1 Å². The van der Waals surface area contributed by atoms with Gasteiger partial charge in [-0.05, 0) is 24.3 Å². The Bertz CT molecular complexity index is 906.